The van der Waals surface area contributed by atoms with Crippen molar-refractivity contribution in [3.05, 3.63) is 15.6 Å². The summed E-state index contributed by atoms with van der Waals surface area (Å²) in [5, 5.41) is 4.90. The van der Waals surface area contributed by atoms with Crippen molar-refractivity contribution in [1.82, 2.24) is 10.3 Å². The summed E-state index contributed by atoms with van der Waals surface area (Å²) in [5.74, 6) is 0.856. The molecule has 1 heterocycles. The fraction of sp³-hybridized carbons (Fsp3) is 0.769. The van der Waals surface area contributed by atoms with Crippen molar-refractivity contribution in [1.29, 1.82) is 0 Å². The highest BCUT2D eigenvalue weighted by atomic mass is 32.1. The molecule has 2 atom stereocenters. The number of nitrogens with zero attached hydrogens (tertiary/aromatic N) is 1. The maximum Gasteiger partial charge on any atom is 0.0933 e. The zero-order valence-electron chi connectivity index (χ0n) is 10.5. The predicted molar refractivity (Wildman–Crippen MR) is 70.1 cm³/mol. The van der Waals surface area contributed by atoms with Crippen molar-refractivity contribution < 1.29 is 0 Å². The molecule has 2 nitrogen and oxygen atoms in total. The lowest BCUT2D eigenvalue weighted by atomic mass is 10.0. The van der Waals surface area contributed by atoms with Gasteiger partial charge >= 0.3 is 0 Å². The van der Waals surface area contributed by atoms with E-state index in [1.807, 2.05) is 11.3 Å². The fourth-order valence-electron chi connectivity index (χ4n) is 2.61. The Labute approximate surface area is 102 Å². The molecular formula is C13H22N2S. The van der Waals surface area contributed by atoms with Gasteiger partial charge in [-0.2, -0.15) is 0 Å². The summed E-state index contributed by atoms with van der Waals surface area (Å²) in [5.41, 5.74) is 1.22. The molecule has 0 amide bonds. The fourth-order valence-corrected chi connectivity index (χ4v) is 3.66. The van der Waals surface area contributed by atoms with Crippen molar-refractivity contribution in [3.63, 3.8) is 0 Å². The largest absolute Gasteiger partial charge is 0.314 e. The molecule has 3 heteroatoms. The van der Waals surface area contributed by atoms with Gasteiger partial charge in [-0.15, -0.1) is 11.3 Å². The van der Waals surface area contributed by atoms with Gasteiger partial charge in [0, 0.05) is 17.3 Å². The van der Waals surface area contributed by atoms with Gasteiger partial charge in [-0.1, -0.05) is 6.92 Å². The molecule has 90 valence electrons. The minimum atomic E-state index is 0.761. The molecule has 0 aromatic carbocycles. The Morgan fingerprint density at radius 1 is 1.38 bits per heavy atom. The summed E-state index contributed by atoms with van der Waals surface area (Å²) >= 11 is 1.88. The van der Waals surface area contributed by atoms with Crippen molar-refractivity contribution in [2.24, 2.45) is 5.92 Å². The van der Waals surface area contributed by atoms with E-state index in [0.717, 1.165) is 18.5 Å². The molecule has 1 aromatic heterocycles. The van der Waals surface area contributed by atoms with Crippen LogP contribution in [-0.4, -0.2) is 17.6 Å². The highest BCUT2D eigenvalue weighted by Gasteiger charge is 2.24. The zero-order valence-corrected chi connectivity index (χ0v) is 11.4. The molecule has 0 bridgehead atoms. The van der Waals surface area contributed by atoms with E-state index in [2.05, 4.69) is 31.1 Å². The van der Waals surface area contributed by atoms with Crippen molar-refractivity contribution in [2.75, 3.05) is 6.54 Å². The van der Waals surface area contributed by atoms with Crippen LogP contribution in [-0.2, 0) is 6.42 Å². The first-order valence-corrected chi connectivity index (χ1v) is 7.17. The van der Waals surface area contributed by atoms with Gasteiger partial charge in [0.05, 0.1) is 10.7 Å². The van der Waals surface area contributed by atoms with Gasteiger partial charge in [0.1, 0.15) is 0 Å². The van der Waals surface area contributed by atoms with Crippen molar-refractivity contribution in [2.45, 2.75) is 52.5 Å². The summed E-state index contributed by atoms with van der Waals surface area (Å²) < 4.78 is 0. The van der Waals surface area contributed by atoms with Gasteiger partial charge in [0.15, 0.2) is 0 Å². The van der Waals surface area contributed by atoms with Crippen LogP contribution >= 0.6 is 11.3 Å². The topological polar surface area (TPSA) is 24.9 Å². The molecule has 1 aromatic rings. The number of aryl methyl sites for hydroxylation is 2. The summed E-state index contributed by atoms with van der Waals surface area (Å²) in [4.78, 5) is 6.03. The Morgan fingerprint density at radius 3 is 2.81 bits per heavy atom. The van der Waals surface area contributed by atoms with Crippen LogP contribution in [0.2, 0.25) is 0 Å². The van der Waals surface area contributed by atoms with Crippen LogP contribution in [0, 0.1) is 19.8 Å². The molecule has 16 heavy (non-hydrogen) atoms. The number of hydrogen-bond donors (Lipinski definition) is 1. The Balaban J connectivity index is 1.87. The monoisotopic (exact) mass is 238 g/mol. The number of rotatable bonds is 4. The van der Waals surface area contributed by atoms with Crippen LogP contribution in [0.5, 0.6) is 0 Å². The summed E-state index contributed by atoms with van der Waals surface area (Å²) in [6.45, 7) is 7.59. The van der Waals surface area contributed by atoms with E-state index in [9.17, 15) is 0 Å². The molecule has 1 saturated carbocycles. The van der Waals surface area contributed by atoms with Gasteiger partial charge in [-0.3, -0.25) is 0 Å². The molecule has 0 spiro atoms. The average Bonchev–Trinajstić information content (AvgIpc) is 2.77. The van der Waals surface area contributed by atoms with Gasteiger partial charge in [-0.25, -0.2) is 4.98 Å². The van der Waals surface area contributed by atoms with Crippen LogP contribution in [0.25, 0.3) is 0 Å². The summed E-state index contributed by atoms with van der Waals surface area (Å²) in [7, 11) is 0. The second kappa shape index (κ2) is 5.28. The lowest BCUT2D eigenvalue weighted by molar-refractivity contribution is 0.493. The molecule has 0 saturated heterocycles. The molecule has 2 rings (SSSR count). The molecule has 0 aliphatic heterocycles. The van der Waals surface area contributed by atoms with Gasteiger partial charge < -0.3 is 5.32 Å². The smallest absolute Gasteiger partial charge is 0.0933 e. The summed E-state index contributed by atoms with van der Waals surface area (Å²) in [6, 6.07) is 0.761. The maximum atomic E-state index is 4.64. The van der Waals surface area contributed by atoms with Crippen LogP contribution in [0.4, 0.5) is 0 Å². The van der Waals surface area contributed by atoms with Gasteiger partial charge in [0.2, 0.25) is 0 Å². The van der Waals surface area contributed by atoms with E-state index in [0.29, 0.717) is 0 Å². The predicted octanol–water partition coefficient (Wildman–Crippen LogP) is 3.08. The summed E-state index contributed by atoms with van der Waals surface area (Å²) in [6.07, 6.45) is 5.25. The standard InChI is InChI=1S/C13H22N2S/c1-4-14-12-6-5-11(7-12)8-13-15-9(2)10(3)16-13/h11-12,14H,4-8H2,1-3H3. The molecule has 1 aliphatic rings. The van der Waals surface area contributed by atoms with Crippen molar-refractivity contribution in [3.8, 4) is 0 Å². The Kier molecular flexibility index (Phi) is 3.98. The maximum absolute atomic E-state index is 4.64. The molecule has 1 aliphatic carbocycles. The first-order valence-electron chi connectivity index (χ1n) is 6.35. The highest BCUT2D eigenvalue weighted by Crippen LogP contribution is 2.30. The third-order valence-electron chi connectivity index (χ3n) is 3.57. The minimum Gasteiger partial charge on any atom is -0.314 e. The molecule has 2 unspecified atom stereocenters. The molecular weight excluding hydrogens is 216 g/mol. The number of thiazole rings is 1. The Bertz CT molecular complexity index is 326. The van der Waals surface area contributed by atoms with E-state index >= 15 is 0 Å². The van der Waals surface area contributed by atoms with Crippen LogP contribution in [0.1, 0.15) is 41.8 Å². The number of nitrogens with one attached hydrogen (secondary N) is 1. The van der Waals surface area contributed by atoms with Crippen LogP contribution in [0.15, 0.2) is 0 Å². The molecule has 0 radical (unpaired) electrons. The van der Waals surface area contributed by atoms with E-state index < -0.39 is 0 Å². The first-order chi connectivity index (χ1) is 7.69. The molecule has 1 N–H and O–H groups in total. The van der Waals surface area contributed by atoms with E-state index in [-0.39, 0.29) is 0 Å². The lowest BCUT2D eigenvalue weighted by Gasteiger charge is -2.10. The number of aromatic nitrogens is 1. The quantitative estimate of drug-likeness (QED) is 0.872. The second-order valence-electron chi connectivity index (χ2n) is 4.89. The van der Waals surface area contributed by atoms with Crippen molar-refractivity contribution >= 4 is 11.3 Å². The van der Waals surface area contributed by atoms with Crippen LogP contribution in [0.3, 0.4) is 0 Å². The average molecular weight is 238 g/mol. The van der Waals surface area contributed by atoms with E-state index in [1.54, 1.807) is 0 Å². The lowest BCUT2D eigenvalue weighted by Crippen LogP contribution is -2.25. The zero-order chi connectivity index (χ0) is 11.5. The Hall–Kier alpha value is -0.410. The first kappa shape index (κ1) is 12.1. The van der Waals surface area contributed by atoms with Gasteiger partial charge in [-0.05, 0) is 45.6 Å². The second-order valence-corrected chi connectivity index (χ2v) is 6.17. The Morgan fingerprint density at radius 2 is 2.19 bits per heavy atom. The van der Waals surface area contributed by atoms with Crippen LogP contribution < -0.4 is 5.32 Å². The third-order valence-corrected chi connectivity index (χ3v) is 4.67. The molecule has 1 fully saturated rings. The number of hydrogen-bond acceptors (Lipinski definition) is 3. The van der Waals surface area contributed by atoms with E-state index in [1.165, 1.54) is 41.3 Å². The van der Waals surface area contributed by atoms with E-state index in [4.69, 9.17) is 0 Å². The van der Waals surface area contributed by atoms with Gasteiger partial charge in [0.25, 0.3) is 0 Å². The minimum absolute atomic E-state index is 0.761. The normalized spacial score (nSPS) is 25.2. The third kappa shape index (κ3) is 2.83. The SMILES string of the molecule is CCNC1CCC(Cc2nc(C)c(C)s2)C1. The highest BCUT2D eigenvalue weighted by molar-refractivity contribution is 7.11.